The van der Waals surface area contributed by atoms with Crippen LogP contribution in [0.5, 0.6) is 5.75 Å². The molecule has 168 valence electrons. The average molecular weight is 413 g/mol. The number of fused-ring (bicyclic) bond motifs is 1. The van der Waals surface area contributed by atoms with E-state index in [2.05, 4.69) is 46.8 Å². The summed E-state index contributed by atoms with van der Waals surface area (Å²) in [4.78, 5) is 13.0. The van der Waals surface area contributed by atoms with Crippen LogP contribution in [0.25, 0.3) is 0 Å². The molecular weight excluding hydrogens is 368 g/mol. The van der Waals surface area contributed by atoms with Gasteiger partial charge in [0.15, 0.2) is 0 Å². The highest BCUT2D eigenvalue weighted by Gasteiger charge is 2.54. The fraction of sp³-hybridized carbons (Fsp3) is 0.750. The van der Waals surface area contributed by atoms with E-state index >= 15 is 0 Å². The maximum Gasteiger partial charge on any atom is 0.136 e. The first kappa shape index (κ1) is 23.4. The molecule has 0 aromatic heterocycles. The normalized spacial score (nSPS) is 29.8. The van der Waals surface area contributed by atoms with Crippen molar-refractivity contribution >= 4 is 5.78 Å². The molecule has 2 heteroatoms. The highest BCUT2D eigenvalue weighted by molar-refractivity contribution is 5.82. The van der Waals surface area contributed by atoms with Crippen LogP contribution in [0.15, 0.2) is 18.2 Å². The molecule has 1 aromatic rings. The third kappa shape index (κ3) is 4.94. The Balaban J connectivity index is 1.68. The van der Waals surface area contributed by atoms with Crippen molar-refractivity contribution in [3.63, 3.8) is 0 Å². The summed E-state index contributed by atoms with van der Waals surface area (Å²) >= 11 is 0. The van der Waals surface area contributed by atoms with E-state index in [0.29, 0.717) is 17.1 Å². The average Bonchev–Trinajstić information content (AvgIpc) is 3.05. The number of Topliss-reactive ketones (excluding diaryl/α,β-unsaturated/α-hetero) is 1. The number of hydrogen-bond donors (Lipinski definition) is 0. The summed E-state index contributed by atoms with van der Waals surface area (Å²) in [6, 6.07) is 6.34. The van der Waals surface area contributed by atoms with Crippen molar-refractivity contribution in [3.8, 4) is 5.75 Å². The molecule has 0 saturated heterocycles. The summed E-state index contributed by atoms with van der Waals surface area (Å²) in [5, 5.41) is 0. The molecule has 0 amide bonds. The van der Waals surface area contributed by atoms with Crippen molar-refractivity contribution in [2.24, 2.45) is 35.0 Å². The molecule has 0 spiro atoms. The van der Waals surface area contributed by atoms with Crippen LogP contribution >= 0.6 is 0 Å². The minimum Gasteiger partial charge on any atom is -0.497 e. The Morgan fingerprint density at radius 2 is 1.93 bits per heavy atom. The van der Waals surface area contributed by atoms with Crippen LogP contribution in [0.4, 0.5) is 0 Å². The Hall–Kier alpha value is -1.31. The van der Waals surface area contributed by atoms with E-state index in [1.807, 2.05) is 6.07 Å². The molecule has 2 fully saturated rings. The molecule has 5 atom stereocenters. The lowest BCUT2D eigenvalue weighted by Crippen LogP contribution is -2.43. The number of aryl methyl sites for hydroxylation is 2. The summed E-state index contributed by atoms with van der Waals surface area (Å²) < 4.78 is 5.43. The molecular formula is C28H44O2. The number of rotatable bonds is 9. The zero-order chi connectivity index (χ0) is 21.9. The Labute approximate surface area is 185 Å². The molecule has 2 aliphatic carbocycles. The number of ether oxygens (including phenoxy) is 1. The lowest BCUT2D eigenvalue weighted by molar-refractivity contribution is -0.132. The molecule has 2 aliphatic rings. The first-order valence-electron chi connectivity index (χ1n) is 12.4. The van der Waals surface area contributed by atoms with E-state index in [0.717, 1.165) is 49.2 Å². The van der Waals surface area contributed by atoms with Gasteiger partial charge in [-0.3, -0.25) is 4.79 Å². The summed E-state index contributed by atoms with van der Waals surface area (Å²) in [6.45, 7) is 11.9. The number of carbonyl (C=O) groups is 1. The van der Waals surface area contributed by atoms with Crippen LogP contribution in [-0.4, -0.2) is 12.9 Å². The van der Waals surface area contributed by atoms with E-state index in [-0.39, 0.29) is 5.92 Å². The summed E-state index contributed by atoms with van der Waals surface area (Å²) in [7, 11) is 1.73. The van der Waals surface area contributed by atoms with E-state index in [1.165, 1.54) is 43.2 Å². The van der Waals surface area contributed by atoms with Gasteiger partial charge in [-0.2, -0.15) is 0 Å². The standard InChI is InChI=1S/C28H44O2/c1-19(2)8-7-9-21(4)25-14-15-26-24(27(29)16-17-28(25,26)5)13-11-22-18-23(30-6)12-10-20(22)3/h10,12,18-19,21,24-26H,7-9,11,13-17H2,1-6H3/t21-,24+,25-,26?,28-/m1/s1. The van der Waals surface area contributed by atoms with Gasteiger partial charge in [-0.15, -0.1) is 0 Å². The first-order valence-corrected chi connectivity index (χ1v) is 12.4. The third-order valence-electron chi connectivity index (χ3n) is 8.70. The van der Waals surface area contributed by atoms with Crippen molar-refractivity contribution in [1.82, 2.24) is 0 Å². The minimum absolute atomic E-state index is 0.252. The van der Waals surface area contributed by atoms with Crippen LogP contribution in [0, 0.1) is 41.9 Å². The predicted molar refractivity (Wildman–Crippen MR) is 126 cm³/mol. The number of hydrogen-bond acceptors (Lipinski definition) is 2. The lowest BCUT2D eigenvalue weighted by atomic mass is 9.58. The van der Waals surface area contributed by atoms with Gasteiger partial charge in [0, 0.05) is 12.3 Å². The molecule has 2 saturated carbocycles. The van der Waals surface area contributed by atoms with Crippen LogP contribution in [0.2, 0.25) is 0 Å². The fourth-order valence-corrected chi connectivity index (χ4v) is 6.83. The zero-order valence-corrected chi connectivity index (χ0v) is 20.3. The van der Waals surface area contributed by atoms with Crippen molar-refractivity contribution in [2.75, 3.05) is 7.11 Å². The topological polar surface area (TPSA) is 26.3 Å². The van der Waals surface area contributed by atoms with Gasteiger partial charge in [-0.1, -0.05) is 53.0 Å². The Kier molecular flexibility index (Phi) is 7.69. The smallest absolute Gasteiger partial charge is 0.136 e. The summed E-state index contributed by atoms with van der Waals surface area (Å²) in [5.74, 6) is 4.68. The van der Waals surface area contributed by atoms with Gasteiger partial charge in [0.2, 0.25) is 0 Å². The Morgan fingerprint density at radius 3 is 2.63 bits per heavy atom. The molecule has 2 nitrogen and oxygen atoms in total. The molecule has 1 unspecified atom stereocenters. The van der Waals surface area contributed by atoms with Gasteiger partial charge in [-0.25, -0.2) is 0 Å². The van der Waals surface area contributed by atoms with E-state index in [9.17, 15) is 4.79 Å². The number of benzene rings is 1. The van der Waals surface area contributed by atoms with Crippen LogP contribution < -0.4 is 4.74 Å². The van der Waals surface area contributed by atoms with Gasteiger partial charge in [0.05, 0.1) is 7.11 Å². The maximum atomic E-state index is 13.0. The van der Waals surface area contributed by atoms with Crippen molar-refractivity contribution in [1.29, 1.82) is 0 Å². The third-order valence-corrected chi connectivity index (χ3v) is 8.70. The van der Waals surface area contributed by atoms with E-state index in [1.54, 1.807) is 7.11 Å². The Morgan fingerprint density at radius 1 is 1.17 bits per heavy atom. The predicted octanol–water partition coefficient (Wildman–Crippen LogP) is 7.41. The molecule has 3 rings (SSSR count). The van der Waals surface area contributed by atoms with Crippen molar-refractivity contribution in [3.05, 3.63) is 29.3 Å². The van der Waals surface area contributed by atoms with E-state index in [4.69, 9.17) is 4.74 Å². The van der Waals surface area contributed by atoms with E-state index < -0.39 is 0 Å². The Bertz CT molecular complexity index is 721. The molecule has 0 N–H and O–H groups in total. The van der Waals surface area contributed by atoms with Crippen LogP contribution in [0.1, 0.15) is 90.2 Å². The second-order valence-electron chi connectivity index (χ2n) is 11.0. The largest absolute Gasteiger partial charge is 0.497 e. The van der Waals surface area contributed by atoms with Crippen LogP contribution in [-0.2, 0) is 11.2 Å². The van der Waals surface area contributed by atoms with Gasteiger partial charge in [0.1, 0.15) is 11.5 Å². The molecule has 30 heavy (non-hydrogen) atoms. The number of methoxy groups -OCH3 is 1. The van der Waals surface area contributed by atoms with Gasteiger partial charge < -0.3 is 4.74 Å². The van der Waals surface area contributed by atoms with Crippen LogP contribution in [0.3, 0.4) is 0 Å². The molecule has 0 bridgehead atoms. The minimum atomic E-state index is 0.252. The lowest BCUT2D eigenvalue weighted by Gasteiger charge is -2.46. The maximum absolute atomic E-state index is 13.0. The molecule has 0 heterocycles. The summed E-state index contributed by atoms with van der Waals surface area (Å²) in [6.07, 6.45) is 10.5. The van der Waals surface area contributed by atoms with Gasteiger partial charge >= 0.3 is 0 Å². The van der Waals surface area contributed by atoms with Gasteiger partial charge in [0.25, 0.3) is 0 Å². The zero-order valence-electron chi connectivity index (χ0n) is 20.3. The van der Waals surface area contributed by atoms with Crippen molar-refractivity contribution in [2.45, 2.75) is 92.4 Å². The van der Waals surface area contributed by atoms with Crippen molar-refractivity contribution < 1.29 is 9.53 Å². The molecule has 0 radical (unpaired) electrons. The highest BCUT2D eigenvalue weighted by atomic mass is 16.5. The first-order chi connectivity index (χ1) is 14.3. The summed E-state index contributed by atoms with van der Waals surface area (Å²) in [5.41, 5.74) is 3.01. The SMILES string of the molecule is COc1ccc(C)c(CC[C@@H]2C(=O)CC[C@@]3(C)C2CC[C@@H]3[C@H](C)CCCC(C)C)c1. The second-order valence-corrected chi connectivity index (χ2v) is 11.0. The second kappa shape index (κ2) is 9.88. The fourth-order valence-electron chi connectivity index (χ4n) is 6.83. The number of ketones is 1. The molecule has 0 aliphatic heterocycles. The quantitative estimate of drug-likeness (QED) is 0.422. The molecule has 1 aromatic carbocycles. The number of carbonyl (C=O) groups excluding carboxylic acids is 1. The van der Waals surface area contributed by atoms with Gasteiger partial charge in [-0.05, 0) is 91.4 Å². The highest BCUT2D eigenvalue weighted by Crippen LogP contribution is 2.60. The monoisotopic (exact) mass is 412 g/mol.